The molecule has 0 spiro atoms. The lowest BCUT2D eigenvalue weighted by Gasteiger charge is -2.05. The van der Waals surface area contributed by atoms with Crippen molar-refractivity contribution in [1.82, 2.24) is 24.4 Å². The molecule has 0 aliphatic rings. The smallest absolute Gasteiger partial charge is 0.340 e. The van der Waals surface area contributed by atoms with Gasteiger partial charge in [0.25, 0.3) is 0 Å². The summed E-state index contributed by atoms with van der Waals surface area (Å²) in [6.07, 6.45) is 3.23. The molecule has 0 bridgehead atoms. The van der Waals surface area contributed by atoms with Gasteiger partial charge in [0.2, 0.25) is 0 Å². The number of benzene rings is 1. The lowest BCUT2D eigenvalue weighted by atomic mass is 10.2. The van der Waals surface area contributed by atoms with Crippen molar-refractivity contribution in [3.8, 4) is 0 Å². The van der Waals surface area contributed by atoms with Crippen LogP contribution in [0.2, 0.25) is 0 Å². The van der Waals surface area contributed by atoms with Gasteiger partial charge in [0.15, 0.2) is 5.65 Å². The van der Waals surface area contributed by atoms with Crippen molar-refractivity contribution in [2.75, 3.05) is 0 Å². The van der Waals surface area contributed by atoms with Crippen LogP contribution in [0, 0.1) is 6.92 Å². The van der Waals surface area contributed by atoms with Crippen molar-refractivity contribution in [2.24, 2.45) is 0 Å². The van der Waals surface area contributed by atoms with Gasteiger partial charge in [0.1, 0.15) is 6.61 Å². The summed E-state index contributed by atoms with van der Waals surface area (Å²) >= 11 is 1.23. The summed E-state index contributed by atoms with van der Waals surface area (Å²) in [4.78, 5) is 17.5. The van der Waals surface area contributed by atoms with E-state index in [9.17, 15) is 4.79 Å². The van der Waals surface area contributed by atoms with E-state index in [1.165, 1.54) is 17.7 Å². The standard InChI is InChI=1S/C18H15N5O2S/c1-12-16(26-22-21-12)11-25-18(24)15-7-14-9-20-23(17(14)19-8-15)10-13-5-3-2-4-6-13/h2-9H,10-11H2,1H3. The number of hydrogen-bond donors (Lipinski definition) is 0. The second kappa shape index (κ2) is 7.01. The van der Waals surface area contributed by atoms with Crippen LogP contribution >= 0.6 is 11.5 Å². The fourth-order valence-corrected chi connectivity index (χ4v) is 3.10. The van der Waals surface area contributed by atoms with Crippen molar-refractivity contribution >= 4 is 28.5 Å². The Bertz CT molecular complexity index is 1060. The summed E-state index contributed by atoms with van der Waals surface area (Å²) in [6.45, 7) is 2.62. The topological polar surface area (TPSA) is 82.8 Å². The number of hydrogen-bond acceptors (Lipinski definition) is 7. The number of aryl methyl sites for hydroxylation is 1. The highest BCUT2D eigenvalue weighted by Crippen LogP contribution is 2.17. The summed E-state index contributed by atoms with van der Waals surface area (Å²) in [5.41, 5.74) is 3.04. The molecule has 8 heteroatoms. The highest BCUT2D eigenvalue weighted by molar-refractivity contribution is 7.05. The van der Waals surface area contributed by atoms with Crippen LogP contribution in [-0.2, 0) is 17.9 Å². The minimum absolute atomic E-state index is 0.160. The molecule has 0 radical (unpaired) electrons. The molecule has 0 N–H and O–H groups in total. The van der Waals surface area contributed by atoms with Crippen LogP contribution in [0.15, 0.2) is 48.8 Å². The second-order valence-electron chi connectivity index (χ2n) is 5.78. The highest BCUT2D eigenvalue weighted by atomic mass is 32.1. The predicted molar refractivity (Wildman–Crippen MR) is 96.8 cm³/mol. The fourth-order valence-electron chi connectivity index (χ4n) is 2.55. The first kappa shape index (κ1) is 16.3. The maximum atomic E-state index is 12.3. The van der Waals surface area contributed by atoms with Gasteiger partial charge >= 0.3 is 5.97 Å². The number of carbonyl (C=O) groups excluding carboxylic acids is 1. The number of carbonyl (C=O) groups is 1. The van der Waals surface area contributed by atoms with Crippen molar-refractivity contribution < 1.29 is 9.53 Å². The molecular formula is C18H15N5O2S. The number of fused-ring (bicyclic) bond motifs is 1. The average Bonchev–Trinajstić information content (AvgIpc) is 3.26. The monoisotopic (exact) mass is 365 g/mol. The van der Waals surface area contributed by atoms with E-state index in [0.29, 0.717) is 12.1 Å². The maximum absolute atomic E-state index is 12.3. The van der Waals surface area contributed by atoms with Gasteiger partial charge in [-0.15, -0.1) is 5.10 Å². The molecule has 0 fully saturated rings. The Balaban J connectivity index is 1.51. The highest BCUT2D eigenvalue weighted by Gasteiger charge is 2.13. The molecule has 1 aromatic carbocycles. The van der Waals surface area contributed by atoms with Gasteiger partial charge in [-0.3, -0.25) is 0 Å². The van der Waals surface area contributed by atoms with Crippen LogP contribution in [0.4, 0.5) is 0 Å². The molecule has 0 aliphatic heterocycles. The Labute approximate surface area is 153 Å². The zero-order valence-electron chi connectivity index (χ0n) is 14.0. The molecule has 0 atom stereocenters. The largest absolute Gasteiger partial charge is 0.456 e. The van der Waals surface area contributed by atoms with Crippen molar-refractivity contribution in [1.29, 1.82) is 0 Å². The molecule has 3 aromatic heterocycles. The van der Waals surface area contributed by atoms with Gasteiger partial charge in [-0.2, -0.15) is 5.10 Å². The minimum atomic E-state index is -0.428. The van der Waals surface area contributed by atoms with E-state index < -0.39 is 5.97 Å². The maximum Gasteiger partial charge on any atom is 0.340 e. The van der Waals surface area contributed by atoms with Gasteiger partial charge in [0, 0.05) is 11.6 Å². The first-order valence-corrected chi connectivity index (χ1v) is 8.78. The first-order valence-electron chi connectivity index (χ1n) is 8.01. The molecule has 0 saturated heterocycles. The number of aromatic nitrogens is 5. The van der Waals surface area contributed by atoms with Gasteiger partial charge in [-0.05, 0) is 30.1 Å². The summed E-state index contributed by atoms with van der Waals surface area (Å²) in [5, 5.41) is 9.07. The number of ether oxygens (including phenoxy) is 1. The Morgan fingerprint density at radius 1 is 1.23 bits per heavy atom. The Morgan fingerprint density at radius 3 is 2.85 bits per heavy atom. The molecule has 3 heterocycles. The molecule has 0 unspecified atom stereocenters. The Morgan fingerprint density at radius 2 is 2.08 bits per heavy atom. The third-order valence-electron chi connectivity index (χ3n) is 3.97. The van der Waals surface area contributed by atoms with Crippen molar-refractivity contribution in [3.63, 3.8) is 0 Å². The normalized spacial score (nSPS) is 11.0. The lowest BCUT2D eigenvalue weighted by molar-refractivity contribution is 0.0476. The molecule has 0 amide bonds. The van der Waals surface area contributed by atoms with Gasteiger partial charge in [-0.1, -0.05) is 34.8 Å². The molecule has 26 heavy (non-hydrogen) atoms. The number of pyridine rings is 1. The van der Waals surface area contributed by atoms with E-state index >= 15 is 0 Å². The number of esters is 1. The second-order valence-corrected chi connectivity index (χ2v) is 6.62. The van der Waals surface area contributed by atoms with Crippen LogP contribution in [-0.4, -0.2) is 30.3 Å². The van der Waals surface area contributed by atoms with Gasteiger partial charge < -0.3 is 4.74 Å². The third kappa shape index (κ3) is 3.31. The Hall–Kier alpha value is -3.13. The van der Waals surface area contributed by atoms with E-state index in [1.807, 2.05) is 41.9 Å². The molecular weight excluding hydrogens is 350 g/mol. The summed E-state index contributed by atoms with van der Waals surface area (Å²) in [6, 6.07) is 11.8. The zero-order valence-corrected chi connectivity index (χ0v) is 14.8. The molecule has 4 rings (SSSR count). The first-order chi connectivity index (χ1) is 12.7. The molecule has 130 valence electrons. The van der Waals surface area contributed by atoms with Crippen LogP contribution in [0.1, 0.15) is 26.5 Å². The predicted octanol–water partition coefficient (Wildman–Crippen LogP) is 3.00. The van der Waals surface area contributed by atoms with E-state index in [2.05, 4.69) is 19.7 Å². The van der Waals surface area contributed by atoms with Crippen LogP contribution < -0.4 is 0 Å². The van der Waals surface area contributed by atoms with Crippen LogP contribution in [0.5, 0.6) is 0 Å². The molecule has 4 aromatic rings. The van der Waals surface area contributed by atoms with E-state index in [-0.39, 0.29) is 6.61 Å². The van der Waals surface area contributed by atoms with E-state index in [4.69, 9.17) is 4.74 Å². The lowest BCUT2D eigenvalue weighted by Crippen LogP contribution is -2.06. The zero-order chi connectivity index (χ0) is 17.9. The number of rotatable bonds is 5. The Kier molecular flexibility index (Phi) is 4.40. The third-order valence-corrected chi connectivity index (χ3v) is 4.76. The van der Waals surface area contributed by atoms with Crippen molar-refractivity contribution in [2.45, 2.75) is 20.1 Å². The van der Waals surface area contributed by atoms with Gasteiger partial charge in [0.05, 0.1) is 28.9 Å². The molecule has 7 nitrogen and oxygen atoms in total. The average molecular weight is 365 g/mol. The van der Waals surface area contributed by atoms with Crippen LogP contribution in [0.25, 0.3) is 11.0 Å². The van der Waals surface area contributed by atoms with Gasteiger partial charge in [-0.25, -0.2) is 14.5 Å². The van der Waals surface area contributed by atoms with E-state index in [1.54, 1.807) is 12.3 Å². The quantitative estimate of drug-likeness (QED) is 0.506. The molecule has 0 aliphatic carbocycles. The number of nitrogens with zero attached hydrogens (tertiary/aromatic N) is 5. The molecule has 0 saturated carbocycles. The SMILES string of the molecule is Cc1nnsc1COC(=O)c1cnc2c(cnn2Cc2ccccc2)c1. The minimum Gasteiger partial charge on any atom is -0.456 e. The summed E-state index contributed by atoms with van der Waals surface area (Å²) in [7, 11) is 0. The fraction of sp³-hybridized carbons (Fsp3) is 0.167. The van der Waals surface area contributed by atoms with E-state index in [0.717, 1.165) is 27.2 Å². The summed E-state index contributed by atoms with van der Waals surface area (Å²) in [5.74, 6) is -0.428. The van der Waals surface area contributed by atoms with Crippen molar-refractivity contribution in [3.05, 3.63) is 70.5 Å². The summed E-state index contributed by atoms with van der Waals surface area (Å²) < 4.78 is 11.0. The van der Waals surface area contributed by atoms with Crippen LogP contribution in [0.3, 0.4) is 0 Å².